The fourth-order valence-electron chi connectivity index (χ4n) is 2.92. The van der Waals surface area contributed by atoms with Gasteiger partial charge in [-0.1, -0.05) is 12.8 Å². The van der Waals surface area contributed by atoms with Crippen molar-refractivity contribution in [1.82, 2.24) is 10.2 Å². The van der Waals surface area contributed by atoms with E-state index in [0.717, 1.165) is 12.0 Å². The molecule has 2 rings (SSSR count). The Morgan fingerprint density at radius 1 is 1.20 bits per heavy atom. The molecule has 1 N–H and O–H groups in total. The van der Waals surface area contributed by atoms with Crippen LogP contribution in [0.5, 0.6) is 0 Å². The topological polar surface area (TPSA) is 15.3 Å². The van der Waals surface area contributed by atoms with Crippen molar-refractivity contribution in [2.24, 2.45) is 5.92 Å². The maximum Gasteiger partial charge on any atom is 0.0104 e. The van der Waals surface area contributed by atoms with Crippen molar-refractivity contribution in [2.75, 3.05) is 38.2 Å². The van der Waals surface area contributed by atoms with Gasteiger partial charge in [0.1, 0.15) is 0 Å². The second kappa shape index (κ2) is 6.12. The summed E-state index contributed by atoms with van der Waals surface area (Å²) in [6.07, 6.45) is 5.71. The lowest BCUT2D eigenvalue weighted by Crippen LogP contribution is -2.45. The van der Waals surface area contributed by atoms with Crippen LogP contribution in [0.25, 0.3) is 0 Å². The van der Waals surface area contributed by atoms with Crippen LogP contribution in [0.3, 0.4) is 0 Å². The van der Waals surface area contributed by atoms with Gasteiger partial charge in [-0.25, -0.2) is 0 Å². The third-order valence-corrected chi connectivity index (χ3v) is 4.82. The zero-order valence-corrected chi connectivity index (χ0v) is 10.7. The lowest BCUT2D eigenvalue weighted by molar-refractivity contribution is 0.182. The summed E-state index contributed by atoms with van der Waals surface area (Å²) in [5.41, 5.74) is 0. The summed E-state index contributed by atoms with van der Waals surface area (Å²) in [4.78, 5) is 2.68. The number of hydrogen-bond donors (Lipinski definition) is 1. The normalized spacial score (nSPS) is 34.2. The molecular weight excluding hydrogens is 204 g/mol. The molecule has 2 unspecified atom stereocenters. The quantitative estimate of drug-likeness (QED) is 0.793. The molecule has 0 amide bonds. The van der Waals surface area contributed by atoms with Gasteiger partial charge in [-0.05, 0) is 25.8 Å². The van der Waals surface area contributed by atoms with Crippen molar-refractivity contribution in [1.29, 1.82) is 0 Å². The van der Waals surface area contributed by atoms with Crippen LogP contribution in [0, 0.1) is 5.92 Å². The highest BCUT2D eigenvalue weighted by molar-refractivity contribution is 7.99. The van der Waals surface area contributed by atoms with Gasteiger partial charge in [0, 0.05) is 37.2 Å². The van der Waals surface area contributed by atoms with Gasteiger partial charge >= 0.3 is 0 Å². The number of nitrogens with one attached hydrogen (secondary N) is 1. The zero-order valence-electron chi connectivity index (χ0n) is 9.87. The highest BCUT2D eigenvalue weighted by Gasteiger charge is 2.25. The first-order valence-electron chi connectivity index (χ1n) is 6.37. The van der Waals surface area contributed by atoms with Crippen LogP contribution < -0.4 is 5.32 Å². The average molecular weight is 228 g/mol. The Morgan fingerprint density at radius 3 is 2.67 bits per heavy atom. The van der Waals surface area contributed by atoms with E-state index in [9.17, 15) is 0 Å². The Bertz CT molecular complexity index is 180. The second-order valence-electron chi connectivity index (χ2n) is 4.85. The van der Waals surface area contributed by atoms with Gasteiger partial charge in [0.2, 0.25) is 0 Å². The van der Waals surface area contributed by atoms with E-state index in [-0.39, 0.29) is 0 Å². The molecule has 1 saturated carbocycles. The molecule has 0 aromatic heterocycles. The number of nitrogens with zero attached hydrogens (tertiary/aromatic N) is 1. The second-order valence-corrected chi connectivity index (χ2v) is 6.08. The van der Waals surface area contributed by atoms with E-state index in [0.29, 0.717) is 0 Å². The molecule has 0 aromatic carbocycles. The molecule has 1 heterocycles. The van der Waals surface area contributed by atoms with E-state index in [4.69, 9.17) is 0 Å². The van der Waals surface area contributed by atoms with Gasteiger partial charge < -0.3 is 10.2 Å². The first-order valence-corrected chi connectivity index (χ1v) is 7.53. The Hall–Kier alpha value is 0.270. The van der Waals surface area contributed by atoms with E-state index >= 15 is 0 Å². The summed E-state index contributed by atoms with van der Waals surface area (Å²) < 4.78 is 0. The minimum atomic E-state index is 0.785. The maximum atomic E-state index is 3.51. The minimum Gasteiger partial charge on any atom is -0.317 e. The summed E-state index contributed by atoms with van der Waals surface area (Å²) in [5.74, 6) is 3.60. The Morgan fingerprint density at radius 2 is 1.93 bits per heavy atom. The Labute approximate surface area is 98.2 Å². The maximum absolute atomic E-state index is 3.51. The molecular formula is C12H24N2S. The summed E-state index contributed by atoms with van der Waals surface area (Å²) in [6.45, 7) is 3.97. The summed E-state index contributed by atoms with van der Waals surface area (Å²) in [6, 6.07) is 0.785. The van der Waals surface area contributed by atoms with E-state index in [1.807, 2.05) is 0 Å². The highest BCUT2D eigenvalue weighted by Crippen LogP contribution is 2.25. The van der Waals surface area contributed by atoms with Gasteiger partial charge in [-0.15, -0.1) is 0 Å². The third kappa shape index (κ3) is 3.36. The predicted octanol–water partition coefficient (Wildman–Crippen LogP) is 1.81. The van der Waals surface area contributed by atoms with Crippen molar-refractivity contribution in [3.63, 3.8) is 0 Å². The molecule has 0 aromatic rings. The molecule has 1 aliphatic heterocycles. The monoisotopic (exact) mass is 228 g/mol. The molecule has 1 aliphatic carbocycles. The van der Waals surface area contributed by atoms with Gasteiger partial charge in [0.15, 0.2) is 0 Å². The van der Waals surface area contributed by atoms with Gasteiger partial charge in [0.05, 0.1) is 0 Å². The number of rotatable bonds is 3. The van der Waals surface area contributed by atoms with Crippen molar-refractivity contribution in [2.45, 2.75) is 31.7 Å². The lowest BCUT2D eigenvalue weighted by Gasteiger charge is -2.36. The Balaban J connectivity index is 1.79. The fourth-order valence-corrected chi connectivity index (χ4v) is 3.90. The molecule has 2 fully saturated rings. The van der Waals surface area contributed by atoms with Crippen LogP contribution in [0.2, 0.25) is 0 Å². The van der Waals surface area contributed by atoms with Crippen LogP contribution in [0.1, 0.15) is 25.7 Å². The summed E-state index contributed by atoms with van der Waals surface area (Å²) >= 11 is 2.11. The smallest absolute Gasteiger partial charge is 0.0104 e. The molecule has 0 radical (unpaired) electrons. The van der Waals surface area contributed by atoms with Gasteiger partial charge in [0.25, 0.3) is 0 Å². The largest absolute Gasteiger partial charge is 0.317 e. The third-order valence-electron chi connectivity index (χ3n) is 3.88. The van der Waals surface area contributed by atoms with Crippen LogP contribution in [-0.4, -0.2) is 49.1 Å². The van der Waals surface area contributed by atoms with E-state index in [1.165, 1.54) is 56.8 Å². The van der Waals surface area contributed by atoms with Gasteiger partial charge in [-0.3, -0.25) is 0 Å². The molecule has 0 spiro atoms. The number of thioether (sulfide) groups is 1. The Kier molecular flexibility index (Phi) is 4.79. The molecule has 2 aliphatic rings. The minimum absolute atomic E-state index is 0.785. The predicted molar refractivity (Wildman–Crippen MR) is 68.6 cm³/mol. The van der Waals surface area contributed by atoms with Crippen molar-refractivity contribution < 1.29 is 0 Å². The molecule has 2 nitrogen and oxygen atoms in total. The molecule has 0 bridgehead atoms. The number of hydrogen-bond acceptors (Lipinski definition) is 3. The van der Waals surface area contributed by atoms with E-state index in [2.05, 4.69) is 29.0 Å². The molecule has 3 heteroatoms. The zero-order chi connectivity index (χ0) is 10.5. The molecule has 2 atom stereocenters. The van der Waals surface area contributed by atoms with E-state index < -0.39 is 0 Å². The average Bonchev–Trinajstić information content (AvgIpc) is 2.31. The highest BCUT2D eigenvalue weighted by atomic mass is 32.2. The summed E-state index contributed by atoms with van der Waals surface area (Å²) in [7, 11) is 2.13. The standard InChI is InChI=1S/C12H24N2S/c1-13-12-5-3-2-4-11(12)10-14-6-8-15-9-7-14/h11-13H,2-10H2,1H3. The van der Waals surface area contributed by atoms with Crippen molar-refractivity contribution in [3.8, 4) is 0 Å². The van der Waals surface area contributed by atoms with Crippen LogP contribution in [0.4, 0.5) is 0 Å². The van der Waals surface area contributed by atoms with Crippen molar-refractivity contribution in [3.05, 3.63) is 0 Å². The van der Waals surface area contributed by atoms with Crippen LogP contribution in [0.15, 0.2) is 0 Å². The molecule has 88 valence electrons. The molecule has 1 saturated heterocycles. The van der Waals surface area contributed by atoms with Crippen molar-refractivity contribution >= 4 is 11.8 Å². The van der Waals surface area contributed by atoms with Crippen LogP contribution in [-0.2, 0) is 0 Å². The van der Waals surface area contributed by atoms with E-state index in [1.54, 1.807) is 0 Å². The fraction of sp³-hybridized carbons (Fsp3) is 1.00. The summed E-state index contributed by atoms with van der Waals surface area (Å²) in [5, 5.41) is 3.51. The SMILES string of the molecule is CNC1CCCCC1CN1CCSCC1. The van der Waals surface area contributed by atoms with Crippen LogP contribution >= 0.6 is 11.8 Å². The lowest BCUT2D eigenvalue weighted by atomic mass is 9.84. The first-order chi connectivity index (χ1) is 7.40. The molecule has 15 heavy (non-hydrogen) atoms. The first kappa shape index (κ1) is 11.7. The van der Waals surface area contributed by atoms with Gasteiger partial charge in [-0.2, -0.15) is 11.8 Å².